The highest BCUT2D eigenvalue weighted by Crippen LogP contribution is 2.24. The number of hydrogen-bond donors (Lipinski definition) is 3. The number of phenols is 2. The van der Waals surface area contributed by atoms with Crippen molar-refractivity contribution in [2.45, 2.75) is 6.42 Å². The van der Waals surface area contributed by atoms with Crippen LogP contribution in [0.3, 0.4) is 0 Å². The lowest BCUT2D eigenvalue weighted by Gasteiger charge is -2.07. The Morgan fingerprint density at radius 3 is 2.61 bits per heavy atom. The smallest absolute Gasteiger partial charge is 0.128 e. The zero-order valence-corrected chi connectivity index (χ0v) is 9.48. The van der Waals surface area contributed by atoms with Crippen LogP contribution in [-0.4, -0.2) is 26.1 Å². The molecule has 0 amide bonds. The molecule has 5 heteroatoms. The normalized spacial score (nSPS) is 11.4. The minimum Gasteiger partial charge on any atom is -0.508 e. The minimum absolute atomic E-state index is 0.0497. The highest BCUT2D eigenvalue weighted by Gasteiger charge is 2.11. The van der Waals surface area contributed by atoms with E-state index in [1.165, 1.54) is 18.2 Å². The van der Waals surface area contributed by atoms with Gasteiger partial charge in [0, 0.05) is 29.9 Å². The summed E-state index contributed by atoms with van der Waals surface area (Å²) in [7, 11) is 0. The summed E-state index contributed by atoms with van der Waals surface area (Å²) in [5, 5.41) is 31.1. The van der Waals surface area contributed by atoms with Gasteiger partial charge >= 0.3 is 0 Å². The van der Waals surface area contributed by atoms with Crippen LogP contribution in [-0.2, 0) is 6.42 Å². The molecule has 0 radical (unpaired) electrons. The van der Waals surface area contributed by atoms with E-state index in [0.29, 0.717) is 5.56 Å². The van der Waals surface area contributed by atoms with Crippen LogP contribution in [0.25, 0.3) is 0 Å². The molecule has 1 aromatic heterocycles. The fourth-order valence-corrected chi connectivity index (χ4v) is 1.62. The first-order chi connectivity index (χ1) is 8.70. The van der Waals surface area contributed by atoms with Crippen LogP contribution in [0.4, 0.5) is 0 Å². The first-order valence-corrected chi connectivity index (χ1v) is 5.34. The lowest BCUT2D eigenvalue weighted by molar-refractivity contribution is 0.318. The summed E-state index contributed by atoms with van der Waals surface area (Å²) < 4.78 is 0. The van der Waals surface area contributed by atoms with Crippen molar-refractivity contribution >= 4 is 5.71 Å². The average Bonchev–Trinajstić information content (AvgIpc) is 2.38. The van der Waals surface area contributed by atoms with Crippen molar-refractivity contribution in [2.24, 2.45) is 5.16 Å². The molecule has 0 bridgehead atoms. The molecule has 18 heavy (non-hydrogen) atoms. The van der Waals surface area contributed by atoms with Crippen LogP contribution in [0.15, 0.2) is 47.8 Å². The Morgan fingerprint density at radius 2 is 2.00 bits per heavy atom. The van der Waals surface area contributed by atoms with Crippen LogP contribution >= 0.6 is 0 Å². The number of benzene rings is 1. The van der Waals surface area contributed by atoms with Gasteiger partial charge in [-0.05, 0) is 24.3 Å². The number of hydrogen-bond acceptors (Lipinski definition) is 5. The van der Waals surface area contributed by atoms with Gasteiger partial charge in [0.2, 0.25) is 0 Å². The molecular formula is C13H12N2O3. The fraction of sp³-hybridized carbons (Fsp3) is 0.0769. The van der Waals surface area contributed by atoms with Crippen molar-refractivity contribution in [1.29, 1.82) is 0 Å². The Kier molecular flexibility index (Phi) is 3.43. The molecule has 0 saturated heterocycles. The third-order valence-corrected chi connectivity index (χ3v) is 2.49. The van der Waals surface area contributed by atoms with Crippen LogP contribution in [0.2, 0.25) is 0 Å². The van der Waals surface area contributed by atoms with Crippen molar-refractivity contribution in [3.63, 3.8) is 0 Å². The van der Waals surface area contributed by atoms with Crippen LogP contribution < -0.4 is 0 Å². The molecule has 0 fully saturated rings. The molecule has 2 aromatic rings. The summed E-state index contributed by atoms with van der Waals surface area (Å²) in [5.41, 5.74) is 1.37. The van der Waals surface area contributed by atoms with Crippen molar-refractivity contribution in [3.8, 4) is 11.5 Å². The first-order valence-electron chi connectivity index (χ1n) is 5.34. The van der Waals surface area contributed by atoms with Gasteiger partial charge in [-0.15, -0.1) is 0 Å². The quantitative estimate of drug-likeness (QED) is 0.437. The molecule has 1 aromatic carbocycles. The third kappa shape index (κ3) is 2.57. The summed E-state index contributed by atoms with van der Waals surface area (Å²) in [6, 6.07) is 9.51. The molecule has 3 N–H and O–H groups in total. The second-order valence-corrected chi connectivity index (χ2v) is 3.75. The van der Waals surface area contributed by atoms with Gasteiger partial charge < -0.3 is 15.4 Å². The Hall–Kier alpha value is -2.56. The third-order valence-electron chi connectivity index (χ3n) is 2.49. The van der Waals surface area contributed by atoms with Gasteiger partial charge in [0.25, 0.3) is 0 Å². The number of phenolic OH excluding ortho intramolecular Hbond substituents is 2. The van der Waals surface area contributed by atoms with Gasteiger partial charge in [-0.1, -0.05) is 11.2 Å². The summed E-state index contributed by atoms with van der Waals surface area (Å²) in [6.45, 7) is 0. The van der Waals surface area contributed by atoms with E-state index in [9.17, 15) is 10.2 Å². The van der Waals surface area contributed by atoms with Crippen LogP contribution in [0.5, 0.6) is 11.5 Å². The van der Waals surface area contributed by atoms with Crippen LogP contribution in [0, 0.1) is 0 Å². The van der Waals surface area contributed by atoms with E-state index < -0.39 is 0 Å². The van der Waals surface area contributed by atoms with Gasteiger partial charge in [-0.25, -0.2) is 0 Å². The highest BCUT2D eigenvalue weighted by atomic mass is 16.4. The second-order valence-electron chi connectivity index (χ2n) is 3.75. The Bertz CT molecular complexity index is 568. The first kappa shape index (κ1) is 11.9. The lowest BCUT2D eigenvalue weighted by Crippen LogP contribution is -2.07. The van der Waals surface area contributed by atoms with Gasteiger partial charge in [-0.3, -0.25) is 4.98 Å². The largest absolute Gasteiger partial charge is 0.508 e. The molecule has 0 aliphatic carbocycles. The predicted octanol–water partition coefficient (Wildman–Crippen LogP) is 1.91. The van der Waals surface area contributed by atoms with Crippen molar-refractivity contribution in [3.05, 3.63) is 53.9 Å². The second kappa shape index (κ2) is 5.18. The van der Waals surface area contributed by atoms with E-state index in [1.54, 1.807) is 18.3 Å². The SMILES string of the molecule is O/N=C(\Cc1ccccn1)c1ccc(O)cc1O. The summed E-state index contributed by atoms with van der Waals surface area (Å²) in [5.74, 6) is -0.190. The van der Waals surface area contributed by atoms with E-state index in [1.807, 2.05) is 6.07 Å². The van der Waals surface area contributed by atoms with Crippen LogP contribution in [0.1, 0.15) is 11.3 Å². The average molecular weight is 244 g/mol. The maximum Gasteiger partial charge on any atom is 0.128 e. The molecule has 0 saturated carbocycles. The maximum atomic E-state index is 9.70. The van der Waals surface area contributed by atoms with E-state index >= 15 is 0 Å². The Labute approximate surface area is 104 Å². The summed E-state index contributed by atoms with van der Waals surface area (Å²) >= 11 is 0. The molecule has 92 valence electrons. The number of nitrogens with zero attached hydrogens (tertiary/aromatic N) is 2. The van der Waals surface area contributed by atoms with E-state index in [4.69, 9.17) is 5.21 Å². The molecule has 1 heterocycles. The zero-order chi connectivity index (χ0) is 13.0. The zero-order valence-electron chi connectivity index (χ0n) is 9.48. The van der Waals surface area contributed by atoms with E-state index in [-0.39, 0.29) is 23.6 Å². The molecular weight excluding hydrogens is 232 g/mol. The molecule has 0 unspecified atom stereocenters. The topological polar surface area (TPSA) is 85.9 Å². The Morgan fingerprint density at radius 1 is 1.17 bits per heavy atom. The fourth-order valence-electron chi connectivity index (χ4n) is 1.62. The molecule has 0 atom stereocenters. The minimum atomic E-state index is -0.140. The van der Waals surface area contributed by atoms with E-state index in [2.05, 4.69) is 10.1 Å². The number of aromatic hydroxyl groups is 2. The number of pyridine rings is 1. The molecule has 5 nitrogen and oxygen atoms in total. The molecule has 0 spiro atoms. The van der Waals surface area contributed by atoms with Gasteiger partial charge in [-0.2, -0.15) is 0 Å². The monoisotopic (exact) mass is 244 g/mol. The van der Waals surface area contributed by atoms with E-state index in [0.717, 1.165) is 5.69 Å². The summed E-state index contributed by atoms with van der Waals surface area (Å²) in [4.78, 5) is 4.12. The lowest BCUT2D eigenvalue weighted by atomic mass is 10.0. The summed E-state index contributed by atoms with van der Waals surface area (Å²) in [6.07, 6.45) is 1.93. The van der Waals surface area contributed by atoms with Gasteiger partial charge in [0.15, 0.2) is 0 Å². The van der Waals surface area contributed by atoms with Crippen molar-refractivity contribution in [1.82, 2.24) is 4.98 Å². The molecule has 2 rings (SSSR count). The van der Waals surface area contributed by atoms with Crippen molar-refractivity contribution < 1.29 is 15.4 Å². The predicted molar refractivity (Wildman–Crippen MR) is 66.0 cm³/mol. The van der Waals surface area contributed by atoms with Crippen molar-refractivity contribution in [2.75, 3.05) is 0 Å². The van der Waals surface area contributed by atoms with Gasteiger partial charge in [0.1, 0.15) is 11.5 Å². The maximum absolute atomic E-state index is 9.70. The highest BCUT2D eigenvalue weighted by molar-refractivity contribution is 6.03. The Balaban J connectivity index is 2.30. The number of oxime groups is 1. The molecule has 0 aliphatic rings. The molecule has 0 aliphatic heterocycles. The number of aromatic nitrogens is 1. The van der Waals surface area contributed by atoms with Gasteiger partial charge in [0.05, 0.1) is 5.71 Å². The standard InChI is InChI=1S/C13H12N2O3/c16-10-4-5-11(13(17)8-10)12(15-18)7-9-3-1-2-6-14-9/h1-6,8,16-18H,7H2/b15-12+. The number of rotatable bonds is 3.